The SMILES string of the molecule is Cc1cnc2c(c1)CC(c1cc(NC(=O)[C@H]3C[C@@H](O)CN3)ccc1F)=N2. The number of fused-ring (bicyclic) bond motifs is 1. The highest BCUT2D eigenvalue weighted by molar-refractivity contribution is 6.07. The van der Waals surface area contributed by atoms with Gasteiger partial charge < -0.3 is 15.7 Å². The fourth-order valence-corrected chi connectivity index (χ4v) is 3.33. The van der Waals surface area contributed by atoms with Crippen LogP contribution < -0.4 is 10.6 Å². The van der Waals surface area contributed by atoms with Crippen LogP contribution in [0.2, 0.25) is 0 Å². The number of aromatic nitrogens is 1. The summed E-state index contributed by atoms with van der Waals surface area (Å²) in [7, 11) is 0. The van der Waals surface area contributed by atoms with E-state index in [2.05, 4.69) is 20.6 Å². The van der Waals surface area contributed by atoms with E-state index in [0.717, 1.165) is 11.1 Å². The minimum atomic E-state index is -0.517. The predicted molar refractivity (Wildman–Crippen MR) is 96.3 cm³/mol. The number of aliphatic hydroxyl groups is 1. The Morgan fingerprint density at radius 1 is 1.38 bits per heavy atom. The van der Waals surface area contributed by atoms with E-state index < -0.39 is 12.1 Å². The first-order valence-electron chi connectivity index (χ1n) is 8.55. The highest BCUT2D eigenvalue weighted by atomic mass is 19.1. The van der Waals surface area contributed by atoms with Crippen LogP contribution in [0.5, 0.6) is 0 Å². The molecule has 3 N–H and O–H groups in total. The summed E-state index contributed by atoms with van der Waals surface area (Å²) in [5.41, 5.74) is 3.46. The smallest absolute Gasteiger partial charge is 0.241 e. The number of nitrogens with zero attached hydrogens (tertiary/aromatic N) is 2. The lowest BCUT2D eigenvalue weighted by atomic mass is 10.0. The van der Waals surface area contributed by atoms with Crippen molar-refractivity contribution in [3.8, 4) is 0 Å². The molecule has 6 nitrogen and oxygen atoms in total. The van der Waals surface area contributed by atoms with E-state index in [-0.39, 0.29) is 11.7 Å². The number of hydrogen-bond acceptors (Lipinski definition) is 5. The van der Waals surface area contributed by atoms with Gasteiger partial charge >= 0.3 is 0 Å². The van der Waals surface area contributed by atoms with Gasteiger partial charge in [-0.25, -0.2) is 14.4 Å². The van der Waals surface area contributed by atoms with E-state index in [4.69, 9.17) is 0 Å². The molecule has 4 rings (SSSR count). The number of hydrogen-bond donors (Lipinski definition) is 3. The second-order valence-electron chi connectivity index (χ2n) is 6.76. The molecule has 2 aromatic rings. The van der Waals surface area contributed by atoms with Gasteiger partial charge in [0.05, 0.1) is 17.9 Å². The second kappa shape index (κ2) is 6.59. The molecule has 1 amide bonds. The van der Waals surface area contributed by atoms with Crippen molar-refractivity contribution in [2.24, 2.45) is 4.99 Å². The number of pyridine rings is 1. The average Bonchev–Trinajstić information content (AvgIpc) is 3.22. The van der Waals surface area contributed by atoms with Crippen LogP contribution in [0, 0.1) is 12.7 Å². The number of aliphatic imine (C=N–C) groups is 1. The molecule has 1 aromatic heterocycles. The lowest BCUT2D eigenvalue weighted by Gasteiger charge is -2.12. The fourth-order valence-electron chi connectivity index (χ4n) is 3.33. The van der Waals surface area contributed by atoms with Crippen LogP contribution in [0.1, 0.15) is 23.1 Å². The van der Waals surface area contributed by atoms with Crippen LogP contribution in [-0.2, 0) is 11.2 Å². The largest absolute Gasteiger partial charge is 0.392 e. The van der Waals surface area contributed by atoms with E-state index in [0.29, 0.717) is 42.2 Å². The molecule has 7 heteroatoms. The molecule has 2 aliphatic heterocycles. The van der Waals surface area contributed by atoms with Crippen LogP contribution >= 0.6 is 0 Å². The van der Waals surface area contributed by atoms with Crippen molar-refractivity contribution in [1.29, 1.82) is 0 Å². The number of rotatable bonds is 3. The topological polar surface area (TPSA) is 86.6 Å². The molecular formula is C19H19FN4O2. The summed E-state index contributed by atoms with van der Waals surface area (Å²) in [6, 6.07) is 5.99. The molecule has 0 unspecified atom stereocenters. The third-order valence-corrected chi connectivity index (χ3v) is 4.65. The zero-order valence-corrected chi connectivity index (χ0v) is 14.3. The van der Waals surface area contributed by atoms with Gasteiger partial charge in [0.1, 0.15) is 5.82 Å². The third kappa shape index (κ3) is 3.23. The summed E-state index contributed by atoms with van der Waals surface area (Å²) in [4.78, 5) is 21.0. The number of halogens is 1. The first-order chi connectivity index (χ1) is 12.5. The maximum absolute atomic E-state index is 14.4. The highest BCUT2D eigenvalue weighted by Gasteiger charge is 2.28. The minimum absolute atomic E-state index is 0.243. The molecule has 1 fully saturated rings. The standard InChI is InChI=1S/C19H19FN4O2/c1-10-4-11-5-16(24-18(11)22-8-10)14-6-12(2-3-15(14)20)23-19(26)17-7-13(25)9-21-17/h2-4,6,8,13,17,21,25H,5,7,9H2,1H3,(H,23,26)/t13-,17-/m1/s1. The number of carbonyl (C=O) groups excluding carboxylic acids is 1. The lowest BCUT2D eigenvalue weighted by Crippen LogP contribution is -2.35. The molecule has 134 valence electrons. The highest BCUT2D eigenvalue weighted by Crippen LogP contribution is 2.29. The molecule has 0 saturated carbocycles. The second-order valence-corrected chi connectivity index (χ2v) is 6.76. The molecule has 0 spiro atoms. The first-order valence-corrected chi connectivity index (χ1v) is 8.55. The van der Waals surface area contributed by atoms with E-state index in [1.807, 2.05) is 13.0 Å². The molecular weight excluding hydrogens is 335 g/mol. The van der Waals surface area contributed by atoms with Crippen LogP contribution in [0.25, 0.3) is 0 Å². The third-order valence-electron chi connectivity index (χ3n) is 4.65. The van der Waals surface area contributed by atoms with Crippen LogP contribution in [-0.4, -0.2) is 40.4 Å². The number of aliphatic hydroxyl groups excluding tert-OH is 1. The Hall–Kier alpha value is -2.64. The molecule has 0 bridgehead atoms. The molecule has 0 aliphatic carbocycles. The number of nitrogens with one attached hydrogen (secondary N) is 2. The monoisotopic (exact) mass is 354 g/mol. The molecule has 3 heterocycles. The van der Waals surface area contributed by atoms with Crippen LogP contribution in [0.15, 0.2) is 35.5 Å². The lowest BCUT2D eigenvalue weighted by molar-refractivity contribution is -0.117. The van der Waals surface area contributed by atoms with Gasteiger partial charge in [0.25, 0.3) is 0 Å². The van der Waals surface area contributed by atoms with Gasteiger partial charge in [-0.05, 0) is 37.1 Å². The van der Waals surface area contributed by atoms with Gasteiger partial charge in [-0.2, -0.15) is 0 Å². The Kier molecular flexibility index (Phi) is 4.26. The maximum Gasteiger partial charge on any atom is 0.241 e. The Labute approximate surface area is 150 Å². The van der Waals surface area contributed by atoms with Crippen molar-refractivity contribution in [3.63, 3.8) is 0 Å². The van der Waals surface area contributed by atoms with E-state index in [1.165, 1.54) is 12.1 Å². The summed E-state index contributed by atoms with van der Waals surface area (Å²) < 4.78 is 14.4. The number of anilines is 1. The summed E-state index contributed by atoms with van der Waals surface area (Å²) >= 11 is 0. The summed E-state index contributed by atoms with van der Waals surface area (Å²) in [5.74, 6) is -0.0164. The van der Waals surface area contributed by atoms with E-state index in [9.17, 15) is 14.3 Å². The summed E-state index contributed by atoms with van der Waals surface area (Å²) in [6.07, 6.45) is 2.10. The Balaban J connectivity index is 1.55. The number of β-amino-alcohol motifs (C(OH)–C–C–N with tert-alkyl or cyclic N) is 1. The van der Waals surface area contributed by atoms with Crippen LogP contribution in [0.4, 0.5) is 15.9 Å². The zero-order chi connectivity index (χ0) is 18.3. The number of amides is 1. The Morgan fingerprint density at radius 2 is 2.23 bits per heavy atom. The Morgan fingerprint density at radius 3 is 3.00 bits per heavy atom. The molecule has 1 saturated heterocycles. The number of benzene rings is 1. The number of aryl methyl sites for hydroxylation is 1. The minimum Gasteiger partial charge on any atom is -0.392 e. The summed E-state index contributed by atoms with van der Waals surface area (Å²) in [5, 5.41) is 15.3. The van der Waals surface area contributed by atoms with Gasteiger partial charge in [-0.1, -0.05) is 6.07 Å². The number of carbonyl (C=O) groups is 1. The van der Waals surface area contributed by atoms with Gasteiger partial charge in [0.15, 0.2) is 5.82 Å². The first kappa shape index (κ1) is 16.8. The molecule has 0 radical (unpaired) electrons. The quantitative estimate of drug-likeness (QED) is 0.785. The maximum atomic E-state index is 14.4. The average molecular weight is 354 g/mol. The zero-order valence-electron chi connectivity index (χ0n) is 14.3. The normalized spacial score (nSPS) is 21.4. The fraction of sp³-hybridized carbons (Fsp3) is 0.316. The Bertz CT molecular complexity index is 912. The van der Waals surface area contributed by atoms with Gasteiger partial charge in [-0.3, -0.25) is 4.79 Å². The van der Waals surface area contributed by atoms with Crippen molar-refractivity contribution >= 4 is 23.1 Å². The van der Waals surface area contributed by atoms with E-state index >= 15 is 0 Å². The van der Waals surface area contributed by atoms with Crippen molar-refractivity contribution in [3.05, 3.63) is 53.0 Å². The molecule has 1 aromatic carbocycles. The van der Waals surface area contributed by atoms with Crippen LogP contribution in [0.3, 0.4) is 0 Å². The van der Waals surface area contributed by atoms with Gasteiger partial charge in [-0.15, -0.1) is 0 Å². The van der Waals surface area contributed by atoms with E-state index in [1.54, 1.807) is 12.3 Å². The molecule has 2 aliphatic rings. The van der Waals surface area contributed by atoms with Crippen molar-refractivity contribution in [2.75, 3.05) is 11.9 Å². The van der Waals surface area contributed by atoms with Crippen molar-refractivity contribution < 1.29 is 14.3 Å². The van der Waals surface area contributed by atoms with Crippen molar-refractivity contribution in [2.45, 2.75) is 31.9 Å². The predicted octanol–water partition coefficient (Wildman–Crippen LogP) is 1.87. The van der Waals surface area contributed by atoms with Crippen molar-refractivity contribution in [1.82, 2.24) is 10.3 Å². The van der Waals surface area contributed by atoms with Gasteiger partial charge in [0, 0.05) is 36.0 Å². The summed E-state index contributed by atoms with van der Waals surface area (Å²) in [6.45, 7) is 2.35. The van der Waals surface area contributed by atoms with Gasteiger partial charge in [0.2, 0.25) is 5.91 Å². The molecule has 26 heavy (non-hydrogen) atoms. The molecule has 2 atom stereocenters.